The van der Waals surface area contributed by atoms with Gasteiger partial charge >= 0.3 is 0 Å². The number of rotatable bonds is 6. The van der Waals surface area contributed by atoms with E-state index in [4.69, 9.17) is 9.47 Å². The van der Waals surface area contributed by atoms with Crippen molar-refractivity contribution in [3.05, 3.63) is 24.3 Å². The van der Waals surface area contributed by atoms with Gasteiger partial charge in [0.2, 0.25) is 5.91 Å². The first kappa shape index (κ1) is 18.0. The van der Waals surface area contributed by atoms with Crippen molar-refractivity contribution >= 4 is 11.6 Å². The van der Waals surface area contributed by atoms with E-state index in [2.05, 4.69) is 27.2 Å². The van der Waals surface area contributed by atoms with Crippen LogP contribution in [0.3, 0.4) is 0 Å². The maximum absolute atomic E-state index is 12.4. The van der Waals surface area contributed by atoms with Crippen LogP contribution in [0.5, 0.6) is 5.75 Å². The molecular formula is C19H29N3O3. The molecule has 0 saturated carbocycles. The summed E-state index contributed by atoms with van der Waals surface area (Å²) in [6.45, 7) is 7.08. The van der Waals surface area contributed by atoms with Gasteiger partial charge in [0.15, 0.2) is 0 Å². The summed E-state index contributed by atoms with van der Waals surface area (Å²) in [6, 6.07) is 8.06. The molecule has 138 valence electrons. The fourth-order valence-corrected chi connectivity index (χ4v) is 3.49. The number of carbonyl (C=O) groups is 1. The van der Waals surface area contributed by atoms with E-state index in [-0.39, 0.29) is 18.1 Å². The third-order valence-electron chi connectivity index (χ3n) is 5.21. The molecular weight excluding hydrogens is 318 g/mol. The molecule has 2 aliphatic rings. The second kappa shape index (κ2) is 8.54. The van der Waals surface area contributed by atoms with E-state index >= 15 is 0 Å². The predicted molar refractivity (Wildman–Crippen MR) is 98.2 cm³/mol. The molecule has 3 rings (SSSR count). The molecule has 2 aliphatic heterocycles. The van der Waals surface area contributed by atoms with Gasteiger partial charge < -0.3 is 19.7 Å². The molecule has 2 fully saturated rings. The van der Waals surface area contributed by atoms with Gasteiger partial charge in [0.25, 0.3) is 0 Å². The summed E-state index contributed by atoms with van der Waals surface area (Å²) in [5.41, 5.74) is 1.20. The molecule has 2 atom stereocenters. The minimum Gasteiger partial charge on any atom is -0.497 e. The minimum atomic E-state index is -0.0978. The molecule has 0 aliphatic carbocycles. The largest absolute Gasteiger partial charge is 0.497 e. The molecule has 6 nitrogen and oxygen atoms in total. The van der Waals surface area contributed by atoms with Gasteiger partial charge in [-0.3, -0.25) is 9.69 Å². The van der Waals surface area contributed by atoms with Crippen molar-refractivity contribution in [3.8, 4) is 5.75 Å². The fraction of sp³-hybridized carbons (Fsp3) is 0.632. The van der Waals surface area contributed by atoms with E-state index in [1.807, 2.05) is 19.1 Å². The number of anilines is 1. The van der Waals surface area contributed by atoms with Crippen molar-refractivity contribution in [3.63, 3.8) is 0 Å². The Bertz CT molecular complexity index is 550. The van der Waals surface area contributed by atoms with Crippen LogP contribution in [0.2, 0.25) is 0 Å². The van der Waals surface area contributed by atoms with Crippen molar-refractivity contribution in [1.82, 2.24) is 10.2 Å². The highest BCUT2D eigenvalue weighted by molar-refractivity contribution is 5.81. The Morgan fingerprint density at radius 2 is 2.00 bits per heavy atom. The van der Waals surface area contributed by atoms with E-state index in [1.165, 1.54) is 5.69 Å². The molecule has 0 aromatic heterocycles. The van der Waals surface area contributed by atoms with Crippen LogP contribution in [-0.4, -0.2) is 69.4 Å². The molecule has 2 heterocycles. The normalized spacial score (nSPS) is 22.6. The van der Waals surface area contributed by atoms with Crippen molar-refractivity contribution in [2.24, 2.45) is 0 Å². The van der Waals surface area contributed by atoms with Crippen LogP contribution in [-0.2, 0) is 9.53 Å². The Morgan fingerprint density at radius 3 is 2.60 bits per heavy atom. The summed E-state index contributed by atoms with van der Waals surface area (Å²) in [5.74, 6) is 0.979. The van der Waals surface area contributed by atoms with Gasteiger partial charge in [-0.1, -0.05) is 0 Å². The maximum Gasteiger partial charge on any atom is 0.237 e. The Morgan fingerprint density at radius 1 is 1.28 bits per heavy atom. The van der Waals surface area contributed by atoms with Gasteiger partial charge in [0.05, 0.1) is 19.3 Å². The number of piperazine rings is 1. The molecule has 1 amide bonds. The second-order valence-corrected chi connectivity index (χ2v) is 6.78. The van der Waals surface area contributed by atoms with E-state index in [9.17, 15) is 4.79 Å². The lowest BCUT2D eigenvalue weighted by Gasteiger charge is -2.38. The van der Waals surface area contributed by atoms with Gasteiger partial charge in [-0.05, 0) is 44.0 Å². The summed E-state index contributed by atoms with van der Waals surface area (Å²) in [6.07, 6.45) is 2.35. The third-order valence-corrected chi connectivity index (χ3v) is 5.21. The zero-order chi connectivity index (χ0) is 17.6. The van der Waals surface area contributed by atoms with E-state index in [0.717, 1.165) is 51.4 Å². The first-order chi connectivity index (χ1) is 12.2. The number of amides is 1. The van der Waals surface area contributed by atoms with Crippen LogP contribution in [0.4, 0.5) is 5.69 Å². The Balaban J connectivity index is 1.44. The average Bonchev–Trinajstić information content (AvgIpc) is 3.19. The SMILES string of the molecule is COc1ccc(N2CCN(C(C)C(=O)NCC3CCCO3)CC2)cc1. The monoisotopic (exact) mass is 347 g/mol. The Labute approximate surface area is 150 Å². The highest BCUT2D eigenvalue weighted by Crippen LogP contribution is 2.21. The van der Waals surface area contributed by atoms with Crippen molar-refractivity contribution < 1.29 is 14.3 Å². The molecule has 0 radical (unpaired) electrons. The van der Waals surface area contributed by atoms with Crippen LogP contribution in [0.1, 0.15) is 19.8 Å². The van der Waals surface area contributed by atoms with Crippen LogP contribution in [0.25, 0.3) is 0 Å². The summed E-state index contributed by atoms with van der Waals surface area (Å²) >= 11 is 0. The average molecular weight is 347 g/mol. The number of methoxy groups -OCH3 is 1. The Kier molecular flexibility index (Phi) is 6.15. The van der Waals surface area contributed by atoms with Gasteiger partial charge in [0, 0.05) is 45.0 Å². The van der Waals surface area contributed by atoms with E-state index in [0.29, 0.717) is 6.54 Å². The first-order valence-corrected chi connectivity index (χ1v) is 9.20. The summed E-state index contributed by atoms with van der Waals surface area (Å²) < 4.78 is 10.8. The summed E-state index contributed by atoms with van der Waals surface area (Å²) in [5, 5.41) is 3.04. The molecule has 2 saturated heterocycles. The standard InChI is InChI=1S/C19H29N3O3/c1-15(19(23)20-14-18-4-3-13-25-18)21-9-11-22(12-10-21)16-5-7-17(24-2)8-6-16/h5-8,15,18H,3-4,9-14H2,1-2H3,(H,20,23). The summed E-state index contributed by atoms with van der Waals surface area (Å²) in [7, 11) is 1.68. The number of benzene rings is 1. The molecule has 0 bridgehead atoms. The number of hydrogen-bond acceptors (Lipinski definition) is 5. The van der Waals surface area contributed by atoms with Gasteiger partial charge in [-0.25, -0.2) is 0 Å². The number of ether oxygens (including phenoxy) is 2. The number of hydrogen-bond donors (Lipinski definition) is 1. The number of nitrogens with zero attached hydrogens (tertiary/aromatic N) is 2. The topological polar surface area (TPSA) is 54.0 Å². The predicted octanol–water partition coefficient (Wildman–Crippen LogP) is 1.50. The number of carbonyl (C=O) groups excluding carboxylic acids is 1. The Hall–Kier alpha value is -1.79. The van der Waals surface area contributed by atoms with Crippen LogP contribution in [0.15, 0.2) is 24.3 Å². The lowest BCUT2D eigenvalue weighted by Crippen LogP contribution is -2.54. The lowest BCUT2D eigenvalue weighted by molar-refractivity contribution is -0.126. The van der Waals surface area contributed by atoms with E-state index in [1.54, 1.807) is 7.11 Å². The smallest absolute Gasteiger partial charge is 0.237 e. The zero-order valence-electron chi connectivity index (χ0n) is 15.2. The molecule has 2 unspecified atom stereocenters. The van der Waals surface area contributed by atoms with Gasteiger partial charge in [-0.15, -0.1) is 0 Å². The van der Waals surface area contributed by atoms with Gasteiger partial charge in [-0.2, -0.15) is 0 Å². The second-order valence-electron chi connectivity index (χ2n) is 6.78. The molecule has 1 N–H and O–H groups in total. The minimum absolute atomic E-state index is 0.0978. The summed E-state index contributed by atoms with van der Waals surface area (Å²) in [4.78, 5) is 17.0. The quantitative estimate of drug-likeness (QED) is 0.845. The maximum atomic E-state index is 12.4. The van der Waals surface area contributed by atoms with Crippen molar-refractivity contribution in [2.75, 3.05) is 51.3 Å². The van der Waals surface area contributed by atoms with Crippen molar-refractivity contribution in [2.45, 2.75) is 31.9 Å². The fourth-order valence-electron chi connectivity index (χ4n) is 3.49. The lowest BCUT2D eigenvalue weighted by atomic mass is 10.2. The van der Waals surface area contributed by atoms with Crippen LogP contribution in [0, 0.1) is 0 Å². The van der Waals surface area contributed by atoms with Crippen molar-refractivity contribution in [1.29, 1.82) is 0 Å². The zero-order valence-corrected chi connectivity index (χ0v) is 15.2. The molecule has 25 heavy (non-hydrogen) atoms. The molecule has 1 aromatic rings. The van der Waals surface area contributed by atoms with Crippen LogP contribution >= 0.6 is 0 Å². The number of nitrogens with one attached hydrogen (secondary N) is 1. The molecule has 0 spiro atoms. The third kappa shape index (κ3) is 4.64. The molecule has 1 aromatic carbocycles. The van der Waals surface area contributed by atoms with Gasteiger partial charge in [0.1, 0.15) is 5.75 Å². The first-order valence-electron chi connectivity index (χ1n) is 9.20. The van der Waals surface area contributed by atoms with Crippen LogP contribution < -0.4 is 15.0 Å². The molecule has 6 heteroatoms. The highest BCUT2D eigenvalue weighted by atomic mass is 16.5. The highest BCUT2D eigenvalue weighted by Gasteiger charge is 2.26. The van der Waals surface area contributed by atoms with E-state index < -0.39 is 0 Å².